The number of hydrogen-bond acceptors (Lipinski definition) is 2. The molecule has 0 aliphatic heterocycles. The molecule has 1 saturated carbocycles. The topological polar surface area (TPSA) is 74.6 Å². The number of carboxylic acids is 2. The Hall–Kier alpha value is -1.06. The van der Waals surface area contributed by atoms with E-state index >= 15 is 0 Å². The molecule has 0 aromatic carbocycles. The van der Waals surface area contributed by atoms with Crippen molar-refractivity contribution in [3.63, 3.8) is 0 Å². The molecule has 0 aromatic rings. The van der Waals surface area contributed by atoms with Gasteiger partial charge in [-0.2, -0.15) is 0 Å². The molecule has 0 radical (unpaired) electrons. The lowest BCUT2D eigenvalue weighted by atomic mass is 9.51. The van der Waals surface area contributed by atoms with Crippen molar-refractivity contribution in [1.82, 2.24) is 0 Å². The fourth-order valence-electron chi connectivity index (χ4n) is 4.19. The first-order chi connectivity index (χ1) is 8.89. The Bertz CT molecular complexity index is 352. The van der Waals surface area contributed by atoms with E-state index in [4.69, 9.17) is 0 Å². The summed E-state index contributed by atoms with van der Waals surface area (Å²) in [7, 11) is 0. The average molecular weight is 270 g/mol. The minimum absolute atomic E-state index is 0.105. The van der Waals surface area contributed by atoms with E-state index < -0.39 is 22.8 Å². The van der Waals surface area contributed by atoms with E-state index in [1.807, 2.05) is 20.8 Å². The molecule has 0 spiro atoms. The van der Waals surface area contributed by atoms with E-state index in [9.17, 15) is 19.8 Å². The van der Waals surface area contributed by atoms with Crippen molar-refractivity contribution in [2.24, 2.45) is 16.7 Å². The van der Waals surface area contributed by atoms with Gasteiger partial charge in [-0.05, 0) is 31.6 Å². The van der Waals surface area contributed by atoms with Gasteiger partial charge in [-0.3, -0.25) is 9.59 Å². The molecular weight excluding hydrogens is 244 g/mol. The lowest BCUT2D eigenvalue weighted by molar-refractivity contribution is -0.184. The molecule has 0 bridgehead atoms. The molecule has 1 aliphatic carbocycles. The van der Waals surface area contributed by atoms with E-state index in [1.54, 1.807) is 0 Å². The zero-order valence-corrected chi connectivity index (χ0v) is 12.2. The highest BCUT2D eigenvalue weighted by molar-refractivity contribution is 5.87. The number of carboxylic acid groups (broad SMARTS) is 2. The van der Waals surface area contributed by atoms with Gasteiger partial charge in [-0.1, -0.05) is 40.0 Å². The summed E-state index contributed by atoms with van der Waals surface area (Å²) in [5.74, 6) is -1.98. The van der Waals surface area contributed by atoms with Gasteiger partial charge in [0.1, 0.15) is 0 Å². The standard InChI is InChI=1S/C15H26O4/c1-4-14(12(16)17)10-8-6-7-9-11(3)15(14,5-2)13(18)19/h11H,4-10H2,1-3H3,(H,16,17)(H,18,19). The van der Waals surface area contributed by atoms with Crippen LogP contribution in [0.4, 0.5) is 0 Å². The first-order valence-electron chi connectivity index (χ1n) is 7.35. The molecule has 0 amide bonds. The molecule has 3 unspecified atom stereocenters. The van der Waals surface area contributed by atoms with Crippen molar-refractivity contribution in [3.05, 3.63) is 0 Å². The summed E-state index contributed by atoms with van der Waals surface area (Å²) in [6, 6.07) is 0. The highest BCUT2D eigenvalue weighted by atomic mass is 16.4. The maximum absolute atomic E-state index is 12.0. The van der Waals surface area contributed by atoms with Gasteiger partial charge in [-0.15, -0.1) is 0 Å². The second-order valence-electron chi connectivity index (χ2n) is 5.87. The molecular formula is C15H26O4. The van der Waals surface area contributed by atoms with Gasteiger partial charge in [0.05, 0.1) is 10.8 Å². The maximum Gasteiger partial charge on any atom is 0.311 e. The lowest BCUT2D eigenvalue weighted by Crippen LogP contribution is -2.56. The summed E-state index contributed by atoms with van der Waals surface area (Å²) in [5.41, 5.74) is -2.28. The van der Waals surface area contributed by atoms with Gasteiger partial charge >= 0.3 is 11.9 Å². The van der Waals surface area contributed by atoms with Crippen LogP contribution in [0.5, 0.6) is 0 Å². The Balaban J connectivity index is 3.46. The quantitative estimate of drug-likeness (QED) is 0.819. The van der Waals surface area contributed by atoms with Gasteiger partial charge in [0, 0.05) is 0 Å². The molecule has 19 heavy (non-hydrogen) atoms. The zero-order chi connectivity index (χ0) is 14.7. The summed E-state index contributed by atoms with van der Waals surface area (Å²) in [6.45, 7) is 5.55. The van der Waals surface area contributed by atoms with Crippen LogP contribution in [0, 0.1) is 16.7 Å². The number of hydrogen-bond donors (Lipinski definition) is 2. The van der Waals surface area contributed by atoms with Crippen LogP contribution < -0.4 is 0 Å². The first-order valence-corrected chi connectivity index (χ1v) is 7.35. The molecule has 4 nitrogen and oxygen atoms in total. The molecule has 3 atom stereocenters. The van der Waals surface area contributed by atoms with Gasteiger partial charge in [0.25, 0.3) is 0 Å². The first kappa shape index (κ1) is 16.0. The monoisotopic (exact) mass is 270 g/mol. The Morgan fingerprint density at radius 3 is 2.11 bits per heavy atom. The van der Waals surface area contributed by atoms with Gasteiger partial charge in [-0.25, -0.2) is 0 Å². The van der Waals surface area contributed by atoms with E-state index in [0.29, 0.717) is 19.3 Å². The van der Waals surface area contributed by atoms with E-state index in [1.165, 1.54) is 0 Å². The normalized spacial score (nSPS) is 36.3. The van der Waals surface area contributed by atoms with Crippen LogP contribution in [0.1, 0.15) is 65.7 Å². The van der Waals surface area contributed by atoms with Crippen LogP contribution in [0.15, 0.2) is 0 Å². The molecule has 0 heterocycles. The van der Waals surface area contributed by atoms with Crippen LogP contribution >= 0.6 is 0 Å². The average Bonchev–Trinajstić information content (AvgIpc) is 2.34. The minimum Gasteiger partial charge on any atom is -0.481 e. The van der Waals surface area contributed by atoms with E-state index in [2.05, 4.69) is 0 Å². The van der Waals surface area contributed by atoms with Crippen LogP contribution in [0.2, 0.25) is 0 Å². The molecule has 2 N–H and O–H groups in total. The van der Waals surface area contributed by atoms with Crippen molar-refractivity contribution in [1.29, 1.82) is 0 Å². The third kappa shape index (κ3) is 2.26. The zero-order valence-electron chi connectivity index (χ0n) is 12.2. The largest absolute Gasteiger partial charge is 0.481 e. The van der Waals surface area contributed by atoms with Crippen molar-refractivity contribution in [2.75, 3.05) is 0 Å². The van der Waals surface area contributed by atoms with Crippen molar-refractivity contribution >= 4 is 11.9 Å². The Kier molecular flexibility index (Phi) is 4.99. The molecule has 0 saturated heterocycles. The maximum atomic E-state index is 12.0. The molecule has 110 valence electrons. The Morgan fingerprint density at radius 2 is 1.68 bits per heavy atom. The number of aliphatic carboxylic acids is 2. The third-order valence-electron chi connectivity index (χ3n) is 5.39. The molecule has 1 fully saturated rings. The van der Waals surface area contributed by atoms with Crippen molar-refractivity contribution < 1.29 is 19.8 Å². The highest BCUT2D eigenvalue weighted by Gasteiger charge is 2.61. The summed E-state index contributed by atoms with van der Waals surface area (Å²) < 4.78 is 0. The summed E-state index contributed by atoms with van der Waals surface area (Å²) in [6.07, 6.45) is 4.84. The lowest BCUT2D eigenvalue weighted by Gasteiger charge is -2.49. The van der Waals surface area contributed by atoms with Crippen molar-refractivity contribution in [3.8, 4) is 0 Å². The van der Waals surface area contributed by atoms with Crippen LogP contribution in [0.25, 0.3) is 0 Å². The third-order valence-corrected chi connectivity index (χ3v) is 5.39. The second kappa shape index (κ2) is 5.93. The fourth-order valence-corrected chi connectivity index (χ4v) is 4.19. The Morgan fingerprint density at radius 1 is 1.05 bits per heavy atom. The number of rotatable bonds is 4. The van der Waals surface area contributed by atoms with E-state index in [-0.39, 0.29) is 5.92 Å². The molecule has 0 aromatic heterocycles. The number of carbonyl (C=O) groups is 2. The SMILES string of the molecule is CCC1(C(=O)O)CCCCCC(C)C1(CC)C(=O)O. The van der Waals surface area contributed by atoms with Gasteiger partial charge < -0.3 is 10.2 Å². The summed E-state index contributed by atoms with van der Waals surface area (Å²) in [5, 5.41) is 19.6. The minimum atomic E-state index is -1.14. The predicted molar refractivity (Wildman–Crippen MR) is 73.0 cm³/mol. The summed E-state index contributed by atoms with van der Waals surface area (Å²) in [4.78, 5) is 23.9. The predicted octanol–water partition coefficient (Wildman–Crippen LogP) is 3.55. The van der Waals surface area contributed by atoms with Crippen LogP contribution in [-0.4, -0.2) is 22.2 Å². The van der Waals surface area contributed by atoms with Crippen LogP contribution in [-0.2, 0) is 9.59 Å². The highest BCUT2D eigenvalue weighted by Crippen LogP contribution is 2.55. The summed E-state index contributed by atoms with van der Waals surface area (Å²) >= 11 is 0. The van der Waals surface area contributed by atoms with Gasteiger partial charge in [0.2, 0.25) is 0 Å². The Labute approximate surface area is 115 Å². The van der Waals surface area contributed by atoms with E-state index in [0.717, 1.165) is 25.7 Å². The van der Waals surface area contributed by atoms with Crippen molar-refractivity contribution in [2.45, 2.75) is 65.7 Å². The smallest absolute Gasteiger partial charge is 0.311 e. The fraction of sp³-hybridized carbons (Fsp3) is 0.867. The second-order valence-corrected chi connectivity index (χ2v) is 5.87. The van der Waals surface area contributed by atoms with Gasteiger partial charge in [0.15, 0.2) is 0 Å². The molecule has 1 rings (SSSR count). The van der Waals surface area contributed by atoms with Crippen LogP contribution in [0.3, 0.4) is 0 Å². The molecule has 1 aliphatic rings. The molecule has 4 heteroatoms.